The number of halogens is 3. The Morgan fingerprint density at radius 3 is 2.73 bits per heavy atom. The quantitative estimate of drug-likeness (QED) is 0.749. The van der Waals surface area contributed by atoms with E-state index in [1.165, 1.54) is 12.1 Å². The first-order valence-electron chi connectivity index (χ1n) is 4.89. The molecular formula is C11H14BrClFN. The molecular weight excluding hydrogens is 280 g/mol. The van der Waals surface area contributed by atoms with Crippen LogP contribution < -0.4 is 0 Å². The summed E-state index contributed by atoms with van der Waals surface area (Å²) in [6.45, 7) is 4.78. The van der Waals surface area contributed by atoms with Crippen molar-refractivity contribution in [3.63, 3.8) is 0 Å². The van der Waals surface area contributed by atoms with Crippen LogP contribution in [-0.4, -0.2) is 23.3 Å². The Kier molecular flexibility index (Phi) is 5.58. The Morgan fingerprint density at radius 2 is 2.20 bits per heavy atom. The van der Waals surface area contributed by atoms with Gasteiger partial charge < -0.3 is 0 Å². The summed E-state index contributed by atoms with van der Waals surface area (Å²) in [6, 6.07) is 4.55. The zero-order valence-corrected chi connectivity index (χ0v) is 11.0. The summed E-state index contributed by atoms with van der Waals surface area (Å²) in [5.74, 6) is -0.285. The van der Waals surface area contributed by atoms with E-state index in [-0.39, 0.29) is 5.82 Å². The Morgan fingerprint density at radius 1 is 1.47 bits per heavy atom. The number of benzene rings is 1. The highest BCUT2D eigenvalue weighted by Gasteiger charge is 2.06. The van der Waals surface area contributed by atoms with Crippen LogP contribution in [0.5, 0.6) is 0 Å². The van der Waals surface area contributed by atoms with Crippen molar-refractivity contribution in [1.82, 2.24) is 4.90 Å². The topological polar surface area (TPSA) is 3.24 Å². The lowest BCUT2D eigenvalue weighted by atomic mass is 10.2. The van der Waals surface area contributed by atoms with Gasteiger partial charge in [0.1, 0.15) is 5.82 Å². The molecule has 1 aromatic carbocycles. The third kappa shape index (κ3) is 4.09. The van der Waals surface area contributed by atoms with Crippen LogP contribution in [0.3, 0.4) is 0 Å². The van der Waals surface area contributed by atoms with Crippen LogP contribution in [0.25, 0.3) is 0 Å². The van der Waals surface area contributed by atoms with Gasteiger partial charge in [-0.1, -0.05) is 40.5 Å². The second kappa shape index (κ2) is 6.46. The first-order chi connectivity index (χ1) is 7.17. The van der Waals surface area contributed by atoms with Crippen LogP contribution in [0.15, 0.2) is 18.2 Å². The predicted octanol–water partition coefficient (Wildman–Crippen LogP) is 3.70. The summed E-state index contributed by atoms with van der Waals surface area (Å²) in [5, 5.41) is 1.43. The highest BCUT2D eigenvalue weighted by Crippen LogP contribution is 2.18. The average Bonchev–Trinajstić information content (AvgIpc) is 2.21. The third-order valence-corrected chi connectivity index (χ3v) is 2.96. The molecule has 0 saturated carbocycles. The van der Waals surface area contributed by atoms with E-state index in [0.29, 0.717) is 5.02 Å². The molecule has 0 aliphatic rings. The van der Waals surface area contributed by atoms with E-state index in [1.54, 1.807) is 6.07 Å². The molecule has 0 atom stereocenters. The van der Waals surface area contributed by atoms with Gasteiger partial charge >= 0.3 is 0 Å². The number of alkyl halides is 1. The van der Waals surface area contributed by atoms with Gasteiger partial charge in [0.25, 0.3) is 0 Å². The van der Waals surface area contributed by atoms with Crippen molar-refractivity contribution in [3.8, 4) is 0 Å². The number of hydrogen-bond donors (Lipinski definition) is 0. The lowest BCUT2D eigenvalue weighted by molar-refractivity contribution is 0.299. The van der Waals surface area contributed by atoms with Gasteiger partial charge in [-0.25, -0.2) is 4.39 Å². The van der Waals surface area contributed by atoms with E-state index in [4.69, 9.17) is 11.6 Å². The number of rotatable bonds is 5. The molecule has 1 nitrogen and oxygen atoms in total. The summed E-state index contributed by atoms with van der Waals surface area (Å²) in [7, 11) is 0. The van der Waals surface area contributed by atoms with E-state index in [9.17, 15) is 4.39 Å². The Labute approximate surface area is 103 Å². The van der Waals surface area contributed by atoms with Crippen molar-refractivity contribution < 1.29 is 4.39 Å². The summed E-state index contributed by atoms with van der Waals surface area (Å²) in [6.07, 6.45) is 0. The van der Waals surface area contributed by atoms with E-state index in [0.717, 1.165) is 30.5 Å². The Bertz CT molecular complexity index is 319. The molecule has 0 aliphatic carbocycles. The van der Waals surface area contributed by atoms with Gasteiger partial charge in [0.2, 0.25) is 0 Å². The predicted molar refractivity (Wildman–Crippen MR) is 66.2 cm³/mol. The fourth-order valence-corrected chi connectivity index (χ4v) is 2.09. The molecule has 0 saturated heterocycles. The van der Waals surface area contributed by atoms with E-state index in [1.807, 2.05) is 0 Å². The molecule has 0 fully saturated rings. The van der Waals surface area contributed by atoms with Crippen LogP contribution in [0.4, 0.5) is 4.39 Å². The van der Waals surface area contributed by atoms with Crippen molar-refractivity contribution >= 4 is 27.5 Å². The average molecular weight is 295 g/mol. The second-order valence-electron chi connectivity index (χ2n) is 3.29. The van der Waals surface area contributed by atoms with Crippen molar-refractivity contribution in [2.24, 2.45) is 0 Å². The van der Waals surface area contributed by atoms with Crippen molar-refractivity contribution in [1.29, 1.82) is 0 Å². The van der Waals surface area contributed by atoms with Gasteiger partial charge in [-0.15, -0.1) is 0 Å². The molecule has 0 heterocycles. The van der Waals surface area contributed by atoms with Crippen LogP contribution >= 0.6 is 27.5 Å². The summed E-state index contributed by atoms with van der Waals surface area (Å²) in [5.41, 5.74) is 0.973. The molecule has 0 unspecified atom stereocenters. The highest BCUT2D eigenvalue weighted by atomic mass is 79.9. The lowest BCUT2D eigenvalue weighted by Gasteiger charge is -2.19. The van der Waals surface area contributed by atoms with Crippen LogP contribution in [0, 0.1) is 5.82 Å². The van der Waals surface area contributed by atoms with Gasteiger partial charge in [-0.2, -0.15) is 0 Å². The second-order valence-corrected chi connectivity index (χ2v) is 4.49. The minimum Gasteiger partial charge on any atom is -0.298 e. The van der Waals surface area contributed by atoms with Crippen molar-refractivity contribution in [2.45, 2.75) is 13.5 Å². The first-order valence-corrected chi connectivity index (χ1v) is 6.39. The van der Waals surface area contributed by atoms with Crippen LogP contribution in [0.2, 0.25) is 5.02 Å². The fraction of sp³-hybridized carbons (Fsp3) is 0.455. The third-order valence-electron chi connectivity index (χ3n) is 2.26. The normalized spacial score (nSPS) is 11.0. The van der Waals surface area contributed by atoms with Gasteiger partial charge in [-0.3, -0.25) is 4.90 Å². The molecule has 1 rings (SSSR count). The largest absolute Gasteiger partial charge is 0.298 e. The monoisotopic (exact) mass is 293 g/mol. The van der Waals surface area contributed by atoms with Gasteiger partial charge in [0.05, 0.1) is 0 Å². The Balaban J connectivity index is 2.70. The SMILES string of the molecule is CCN(CCBr)Cc1ccc(F)cc1Cl. The molecule has 0 radical (unpaired) electrons. The van der Waals surface area contributed by atoms with Gasteiger partial charge in [0.15, 0.2) is 0 Å². The highest BCUT2D eigenvalue weighted by molar-refractivity contribution is 9.09. The zero-order chi connectivity index (χ0) is 11.3. The van der Waals surface area contributed by atoms with E-state index >= 15 is 0 Å². The zero-order valence-electron chi connectivity index (χ0n) is 8.64. The molecule has 0 aliphatic heterocycles. The summed E-state index contributed by atoms with van der Waals surface area (Å²) < 4.78 is 12.8. The standard InChI is InChI=1S/C11H14BrClFN/c1-2-15(6-5-12)8-9-3-4-10(14)7-11(9)13/h3-4,7H,2,5-6,8H2,1H3. The molecule has 0 N–H and O–H groups in total. The maximum absolute atomic E-state index is 12.8. The molecule has 0 aromatic heterocycles. The Hall–Kier alpha value is -0.120. The summed E-state index contributed by atoms with van der Waals surface area (Å²) >= 11 is 9.35. The molecule has 15 heavy (non-hydrogen) atoms. The summed E-state index contributed by atoms with van der Waals surface area (Å²) in [4.78, 5) is 2.24. The molecule has 0 spiro atoms. The first kappa shape index (κ1) is 12.9. The number of hydrogen-bond acceptors (Lipinski definition) is 1. The molecule has 1 aromatic rings. The van der Waals surface area contributed by atoms with Crippen LogP contribution in [-0.2, 0) is 6.54 Å². The smallest absolute Gasteiger partial charge is 0.124 e. The van der Waals surface area contributed by atoms with Gasteiger partial charge in [0, 0.05) is 23.4 Å². The minimum atomic E-state index is -0.285. The van der Waals surface area contributed by atoms with Crippen molar-refractivity contribution in [2.75, 3.05) is 18.4 Å². The minimum absolute atomic E-state index is 0.285. The molecule has 4 heteroatoms. The molecule has 0 amide bonds. The maximum Gasteiger partial charge on any atom is 0.124 e. The van der Waals surface area contributed by atoms with Crippen LogP contribution in [0.1, 0.15) is 12.5 Å². The van der Waals surface area contributed by atoms with E-state index in [2.05, 4.69) is 27.8 Å². The van der Waals surface area contributed by atoms with Crippen molar-refractivity contribution in [3.05, 3.63) is 34.6 Å². The maximum atomic E-state index is 12.8. The molecule has 84 valence electrons. The van der Waals surface area contributed by atoms with Gasteiger partial charge in [-0.05, 0) is 24.2 Å². The number of nitrogens with zero attached hydrogens (tertiary/aromatic N) is 1. The fourth-order valence-electron chi connectivity index (χ4n) is 1.36. The molecule has 0 bridgehead atoms. The lowest BCUT2D eigenvalue weighted by Crippen LogP contribution is -2.24. The van der Waals surface area contributed by atoms with E-state index < -0.39 is 0 Å².